The summed E-state index contributed by atoms with van der Waals surface area (Å²) in [6.45, 7) is 3.57. The molecule has 3 heteroatoms. The predicted molar refractivity (Wildman–Crippen MR) is 76.1 cm³/mol. The topological polar surface area (TPSA) is 18.5 Å². The molecular weight excluding hydrogens is 222 g/mol. The van der Waals surface area contributed by atoms with Crippen molar-refractivity contribution in [2.45, 2.75) is 24.9 Å². The molecule has 0 aliphatic carbocycles. The van der Waals surface area contributed by atoms with Gasteiger partial charge in [-0.2, -0.15) is 0 Å². The van der Waals surface area contributed by atoms with E-state index in [1.54, 1.807) is 0 Å². The molecule has 2 heterocycles. The fourth-order valence-corrected chi connectivity index (χ4v) is 3.20. The van der Waals surface area contributed by atoms with Crippen LogP contribution in [-0.2, 0) is 6.42 Å². The largest absolute Gasteiger partial charge is 0.383 e. The number of fused-ring (bicyclic) bond motifs is 1. The average Bonchev–Trinajstić information content (AvgIpc) is 2.88. The molecule has 0 aromatic heterocycles. The maximum atomic E-state index is 3.58. The number of likely N-dealkylation sites (N-methyl/N-ethyl adjacent to an activating group) is 1. The van der Waals surface area contributed by atoms with Crippen LogP contribution in [0.3, 0.4) is 0 Å². The Kier molecular flexibility index (Phi) is 3.27. The van der Waals surface area contributed by atoms with Crippen LogP contribution in [0.25, 0.3) is 0 Å². The van der Waals surface area contributed by atoms with E-state index in [9.17, 15) is 0 Å². The van der Waals surface area contributed by atoms with E-state index in [-0.39, 0.29) is 0 Å². The first-order valence-corrected chi connectivity index (χ1v) is 6.96. The molecule has 1 fully saturated rings. The molecule has 18 heavy (non-hydrogen) atoms. The van der Waals surface area contributed by atoms with Gasteiger partial charge in [0, 0.05) is 37.4 Å². The number of para-hydroxylation sites is 1. The Hall–Kier alpha value is -1.06. The van der Waals surface area contributed by atoms with Crippen LogP contribution in [-0.4, -0.2) is 55.6 Å². The Morgan fingerprint density at radius 3 is 2.89 bits per heavy atom. The van der Waals surface area contributed by atoms with Crippen LogP contribution >= 0.6 is 0 Å². The van der Waals surface area contributed by atoms with Crippen LogP contribution in [0, 0.1) is 0 Å². The van der Waals surface area contributed by atoms with Gasteiger partial charge in [-0.05, 0) is 38.6 Å². The Balaban J connectivity index is 1.66. The highest BCUT2D eigenvalue weighted by Crippen LogP contribution is 2.26. The molecule has 0 saturated carbocycles. The van der Waals surface area contributed by atoms with Crippen LogP contribution in [0.4, 0.5) is 5.69 Å². The third kappa shape index (κ3) is 2.25. The second-order valence-corrected chi connectivity index (χ2v) is 5.80. The van der Waals surface area contributed by atoms with Crippen LogP contribution in [0.15, 0.2) is 24.3 Å². The molecule has 2 aliphatic heterocycles. The number of rotatable bonds is 2. The summed E-state index contributed by atoms with van der Waals surface area (Å²) in [7, 11) is 4.39. The number of hydrogen-bond acceptors (Lipinski definition) is 3. The van der Waals surface area contributed by atoms with E-state index in [2.05, 4.69) is 53.5 Å². The highest BCUT2D eigenvalue weighted by atomic mass is 15.3. The van der Waals surface area contributed by atoms with Crippen LogP contribution < -0.4 is 5.32 Å². The summed E-state index contributed by atoms with van der Waals surface area (Å²) in [6.07, 6.45) is 2.51. The van der Waals surface area contributed by atoms with Gasteiger partial charge in [-0.1, -0.05) is 18.2 Å². The number of hydrogen-bond donors (Lipinski definition) is 1. The van der Waals surface area contributed by atoms with E-state index in [1.165, 1.54) is 37.2 Å². The van der Waals surface area contributed by atoms with E-state index >= 15 is 0 Å². The van der Waals surface area contributed by atoms with Gasteiger partial charge < -0.3 is 10.2 Å². The first-order valence-electron chi connectivity index (χ1n) is 6.96. The van der Waals surface area contributed by atoms with E-state index in [4.69, 9.17) is 0 Å². The number of likely N-dealkylation sites (tertiary alicyclic amines) is 1. The lowest BCUT2D eigenvalue weighted by Crippen LogP contribution is -2.44. The first-order chi connectivity index (χ1) is 8.74. The van der Waals surface area contributed by atoms with Crippen molar-refractivity contribution in [3.8, 4) is 0 Å². The standard InChI is InChI=1S/C15H23N3/c1-17(2)13-7-8-18(11-13)14-9-12-5-3-4-6-15(12)16-10-14/h3-6,13-14,16H,7-11H2,1-2H3. The third-order valence-electron chi connectivity index (χ3n) is 4.44. The minimum atomic E-state index is 0.671. The van der Waals surface area contributed by atoms with E-state index in [0.717, 1.165) is 12.6 Å². The van der Waals surface area contributed by atoms with Crippen molar-refractivity contribution in [1.29, 1.82) is 0 Å². The molecule has 2 aliphatic rings. The summed E-state index contributed by atoms with van der Waals surface area (Å²) in [6, 6.07) is 10.1. The normalized spacial score (nSPS) is 28.2. The van der Waals surface area contributed by atoms with Gasteiger partial charge in [0.25, 0.3) is 0 Å². The molecule has 3 rings (SSSR count). The lowest BCUT2D eigenvalue weighted by atomic mass is 9.99. The van der Waals surface area contributed by atoms with Gasteiger partial charge in [0.1, 0.15) is 0 Å². The molecule has 0 spiro atoms. The van der Waals surface area contributed by atoms with Gasteiger partial charge in [-0.3, -0.25) is 4.90 Å². The van der Waals surface area contributed by atoms with Crippen molar-refractivity contribution in [2.75, 3.05) is 39.0 Å². The second kappa shape index (κ2) is 4.90. The lowest BCUT2D eigenvalue weighted by Gasteiger charge is -2.33. The van der Waals surface area contributed by atoms with Crippen LogP contribution in [0.1, 0.15) is 12.0 Å². The minimum Gasteiger partial charge on any atom is -0.383 e. The summed E-state index contributed by atoms with van der Waals surface area (Å²) in [4.78, 5) is 5.03. The SMILES string of the molecule is CN(C)C1CCN(C2CNc3ccccc3C2)C1. The van der Waals surface area contributed by atoms with Crippen molar-refractivity contribution >= 4 is 5.69 Å². The molecule has 1 aromatic carbocycles. The maximum absolute atomic E-state index is 3.58. The lowest BCUT2D eigenvalue weighted by molar-refractivity contribution is 0.218. The Labute approximate surface area is 110 Å². The monoisotopic (exact) mass is 245 g/mol. The van der Waals surface area contributed by atoms with Gasteiger partial charge in [0.05, 0.1) is 0 Å². The highest BCUT2D eigenvalue weighted by Gasteiger charge is 2.31. The minimum absolute atomic E-state index is 0.671. The van der Waals surface area contributed by atoms with Gasteiger partial charge in [0.15, 0.2) is 0 Å². The fraction of sp³-hybridized carbons (Fsp3) is 0.600. The zero-order valence-corrected chi connectivity index (χ0v) is 11.4. The summed E-state index contributed by atoms with van der Waals surface area (Å²) in [5.41, 5.74) is 2.80. The highest BCUT2D eigenvalue weighted by molar-refractivity contribution is 5.53. The van der Waals surface area contributed by atoms with Crippen LogP contribution in [0.2, 0.25) is 0 Å². The van der Waals surface area contributed by atoms with Crippen molar-refractivity contribution < 1.29 is 0 Å². The molecular formula is C15H23N3. The Morgan fingerprint density at radius 1 is 1.28 bits per heavy atom. The van der Waals surface area contributed by atoms with Crippen molar-refractivity contribution in [3.63, 3.8) is 0 Å². The number of nitrogens with one attached hydrogen (secondary N) is 1. The first kappa shape index (κ1) is 12.0. The molecule has 2 unspecified atom stereocenters. The number of nitrogens with zero attached hydrogens (tertiary/aromatic N) is 2. The zero-order valence-electron chi connectivity index (χ0n) is 11.4. The maximum Gasteiger partial charge on any atom is 0.0373 e. The van der Waals surface area contributed by atoms with Gasteiger partial charge in [-0.25, -0.2) is 0 Å². The molecule has 1 saturated heterocycles. The molecule has 0 amide bonds. The smallest absolute Gasteiger partial charge is 0.0373 e. The van der Waals surface area contributed by atoms with Gasteiger partial charge >= 0.3 is 0 Å². The van der Waals surface area contributed by atoms with Crippen molar-refractivity contribution in [1.82, 2.24) is 9.80 Å². The van der Waals surface area contributed by atoms with Gasteiger partial charge in [-0.15, -0.1) is 0 Å². The fourth-order valence-electron chi connectivity index (χ4n) is 3.20. The molecule has 98 valence electrons. The molecule has 3 nitrogen and oxygen atoms in total. The Morgan fingerprint density at radius 2 is 2.11 bits per heavy atom. The molecule has 1 N–H and O–H groups in total. The van der Waals surface area contributed by atoms with Crippen LogP contribution in [0.5, 0.6) is 0 Å². The molecule has 1 aromatic rings. The van der Waals surface area contributed by atoms with E-state index < -0.39 is 0 Å². The summed E-state index contributed by atoms with van der Waals surface area (Å²) in [5, 5.41) is 3.58. The van der Waals surface area contributed by atoms with Crippen molar-refractivity contribution in [2.24, 2.45) is 0 Å². The van der Waals surface area contributed by atoms with Crippen molar-refractivity contribution in [3.05, 3.63) is 29.8 Å². The molecule has 0 bridgehead atoms. The van der Waals surface area contributed by atoms with E-state index in [1.807, 2.05) is 0 Å². The quantitative estimate of drug-likeness (QED) is 0.855. The third-order valence-corrected chi connectivity index (χ3v) is 4.44. The average molecular weight is 245 g/mol. The Bertz CT molecular complexity index is 416. The second-order valence-electron chi connectivity index (χ2n) is 5.80. The summed E-state index contributed by atoms with van der Waals surface area (Å²) < 4.78 is 0. The predicted octanol–water partition coefficient (Wildman–Crippen LogP) is 1.66. The summed E-state index contributed by atoms with van der Waals surface area (Å²) in [5.74, 6) is 0. The van der Waals surface area contributed by atoms with Gasteiger partial charge in [0.2, 0.25) is 0 Å². The molecule has 0 radical (unpaired) electrons. The number of benzene rings is 1. The number of anilines is 1. The van der Waals surface area contributed by atoms with E-state index in [0.29, 0.717) is 6.04 Å². The zero-order chi connectivity index (χ0) is 12.5. The summed E-state index contributed by atoms with van der Waals surface area (Å²) >= 11 is 0. The molecule has 2 atom stereocenters.